The molecule has 3 rings (SSSR count). The third-order valence-electron chi connectivity index (χ3n) is 3.25. The van der Waals surface area contributed by atoms with Crippen molar-refractivity contribution in [2.24, 2.45) is 0 Å². The lowest BCUT2D eigenvalue weighted by atomic mass is 10.3. The molecule has 0 saturated carbocycles. The maximum absolute atomic E-state index is 5.97. The number of anilines is 3. The smallest absolute Gasteiger partial charge is 0.229 e. The Morgan fingerprint density at radius 2 is 2.32 bits per heavy atom. The van der Waals surface area contributed by atoms with Gasteiger partial charge in [-0.3, -0.25) is 0 Å². The van der Waals surface area contributed by atoms with Gasteiger partial charge >= 0.3 is 0 Å². The molecule has 1 unspecified atom stereocenters. The average molecular weight is 320 g/mol. The van der Waals surface area contributed by atoms with Crippen molar-refractivity contribution in [3.05, 3.63) is 41.6 Å². The van der Waals surface area contributed by atoms with E-state index >= 15 is 0 Å². The first-order valence-corrected chi connectivity index (χ1v) is 7.59. The van der Waals surface area contributed by atoms with E-state index in [-0.39, 0.29) is 6.10 Å². The van der Waals surface area contributed by atoms with E-state index in [0.29, 0.717) is 17.5 Å². The van der Waals surface area contributed by atoms with Crippen LogP contribution in [0.5, 0.6) is 0 Å². The van der Waals surface area contributed by atoms with Crippen LogP contribution < -0.4 is 16.0 Å². The first-order valence-electron chi connectivity index (χ1n) is 7.21. The van der Waals surface area contributed by atoms with Gasteiger partial charge in [-0.2, -0.15) is 4.98 Å². The first kappa shape index (κ1) is 15.0. The van der Waals surface area contributed by atoms with Crippen LogP contribution in [0.3, 0.4) is 0 Å². The summed E-state index contributed by atoms with van der Waals surface area (Å²) in [7, 11) is 0. The molecule has 7 heteroatoms. The van der Waals surface area contributed by atoms with Gasteiger partial charge in [-0.15, -0.1) is 0 Å². The standard InChI is InChI=1S/C15H18ClN5O/c16-11-2-1-3-12(8-11)20-15-18-5-4-14(21-15)19-10-13-9-17-6-7-22-13/h1-5,8,13,17H,6-7,9-10H2,(H2,18,19,20,21). The van der Waals surface area contributed by atoms with Gasteiger partial charge in [-0.25, -0.2) is 4.98 Å². The molecular formula is C15H18ClN5O. The number of benzene rings is 1. The minimum absolute atomic E-state index is 0.160. The quantitative estimate of drug-likeness (QED) is 0.785. The molecule has 1 atom stereocenters. The highest BCUT2D eigenvalue weighted by Gasteiger charge is 2.13. The summed E-state index contributed by atoms with van der Waals surface area (Å²) >= 11 is 5.97. The molecule has 1 aliphatic heterocycles. The third kappa shape index (κ3) is 4.30. The van der Waals surface area contributed by atoms with Crippen molar-refractivity contribution in [3.8, 4) is 0 Å². The fourth-order valence-corrected chi connectivity index (χ4v) is 2.37. The molecule has 22 heavy (non-hydrogen) atoms. The van der Waals surface area contributed by atoms with Gasteiger partial charge in [0, 0.05) is 36.5 Å². The molecule has 0 spiro atoms. The van der Waals surface area contributed by atoms with Crippen LogP contribution in [0.1, 0.15) is 0 Å². The molecule has 0 radical (unpaired) electrons. The molecule has 3 N–H and O–H groups in total. The van der Waals surface area contributed by atoms with Crippen molar-refractivity contribution in [2.75, 3.05) is 36.9 Å². The predicted molar refractivity (Wildman–Crippen MR) is 87.9 cm³/mol. The van der Waals surface area contributed by atoms with E-state index in [0.717, 1.165) is 31.2 Å². The van der Waals surface area contributed by atoms with Crippen LogP contribution in [0.2, 0.25) is 5.02 Å². The number of hydrogen-bond donors (Lipinski definition) is 3. The van der Waals surface area contributed by atoms with Gasteiger partial charge in [0.05, 0.1) is 12.7 Å². The van der Waals surface area contributed by atoms with Crippen molar-refractivity contribution < 1.29 is 4.74 Å². The number of nitrogens with one attached hydrogen (secondary N) is 3. The van der Waals surface area contributed by atoms with E-state index in [9.17, 15) is 0 Å². The number of ether oxygens (including phenoxy) is 1. The molecule has 6 nitrogen and oxygen atoms in total. The number of hydrogen-bond acceptors (Lipinski definition) is 6. The molecule has 0 aliphatic carbocycles. The Balaban J connectivity index is 1.59. The fraction of sp³-hybridized carbons (Fsp3) is 0.333. The van der Waals surface area contributed by atoms with E-state index in [1.54, 1.807) is 6.20 Å². The summed E-state index contributed by atoms with van der Waals surface area (Å²) in [6, 6.07) is 9.27. The Bertz CT molecular complexity index is 618. The lowest BCUT2D eigenvalue weighted by Gasteiger charge is -2.23. The van der Waals surface area contributed by atoms with Crippen molar-refractivity contribution in [1.29, 1.82) is 0 Å². The molecule has 0 bridgehead atoms. The van der Waals surface area contributed by atoms with E-state index in [4.69, 9.17) is 16.3 Å². The summed E-state index contributed by atoms with van der Waals surface area (Å²) in [6.45, 7) is 3.22. The lowest BCUT2D eigenvalue weighted by molar-refractivity contribution is 0.0372. The summed E-state index contributed by atoms with van der Waals surface area (Å²) in [6.07, 6.45) is 1.87. The number of rotatable bonds is 5. The second-order valence-electron chi connectivity index (χ2n) is 4.98. The largest absolute Gasteiger partial charge is 0.374 e. The van der Waals surface area contributed by atoms with Crippen molar-refractivity contribution in [1.82, 2.24) is 15.3 Å². The Hall–Kier alpha value is -1.89. The molecule has 2 aromatic rings. The minimum atomic E-state index is 0.160. The Morgan fingerprint density at radius 1 is 1.36 bits per heavy atom. The Labute approximate surface area is 134 Å². The van der Waals surface area contributed by atoms with Gasteiger partial charge < -0.3 is 20.7 Å². The number of nitrogens with zero attached hydrogens (tertiary/aromatic N) is 2. The monoisotopic (exact) mass is 319 g/mol. The molecule has 1 saturated heterocycles. The number of morpholine rings is 1. The maximum atomic E-state index is 5.97. The summed E-state index contributed by atoms with van der Waals surface area (Å²) in [4.78, 5) is 8.64. The predicted octanol–water partition coefficient (Wildman–Crippen LogP) is 2.27. The van der Waals surface area contributed by atoms with Gasteiger partial charge in [-0.05, 0) is 24.3 Å². The minimum Gasteiger partial charge on any atom is -0.374 e. The van der Waals surface area contributed by atoms with Crippen LogP contribution >= 0.6 is 11.6 Å². The van der Waals surface area contributed by atoms with Gasteiger partial charge in [-0.1, -0.05) is 17.7 Å². The second-order valence-corrected chi connectivity index (χ2v) is 5.42. The van der Waals surface area contributed by atoms with E-state index < -0.39 is 0 Å². The van der Waals surface area contributed by atoms with Gasteiger partial charge in [0.2, 0.25) is 5.95 Å². The van der Waals surface area contributed by atoms with E-state index in [1.165, 1.54) is 0 Å². The zero-order valence-electron chi connectivity index (χ0n) is 12.1. The molecule has 1 aliphatic rings. The molecule has 116 valence electrons. The lowest BCUT2D eigenvalue weighted by Crippen LogP contribution is -2.42. The summed E-state index contributed by atoms with van der Waals surface area (Å²) in [5.74, 6) is 1.28. The Kier molecular flexibility index (Phi) is 5.05. The highest BCUT2D eigenvalue weighted by molar-refractivity contribution is 6.30. The molecular weight excluding hydrogens is 302 g/mol. The SMILES string of the molecule is Clc1cccc(Nc2nccc(NCC3CNCCO3)n2)c1. The highest BCUT2D eigenvalue weighted by Crippen LogP contribution is 2.18. The van der Waals surface area contributed by atoms with Crippen molar-refractivity contribution in [3.63, 3.8) is 0 Å². The number of aromatic nitrogens is 2. The zero-order chi connectivity index (χ0) is 15.2. The third-order valence-corrected chi connectivity index (χ3v) is 3.49. The Morgan fingerprint density at radius 3 is 3.14 bits per heavy atom. The summed E-state index contributed by atoms with van der Waals surface area (Å²) in [5, 5.41) is 10.4. The highest BCUT2D eigenvalue weighted by atomic mass is 35.5. The fourth-order valence-electron chi connectivity index (χ4n) is 2.18. The molecule has 1 fully saturated rings. The summed E-state index contributed by atoms with van der Waals surface area (Å²) < 4.78 is 5.64. The van der Waals surface area contributed by atoms with Crippen LogP contribution in [-0.2, 0) is 4.74 Å². The summed E-state index contributed by atoms with van der Waals surface area (Å²) in [5.41, 5.74) is 0.851. The first-order chi connectivity index (χ1) is 10.8. The van der Waals surface area contributed by atoms with Crippen LogP contribution in [0.4, 0.5) is 17.5 Å². The molecule has 2 heterocycles. The van der Waals surface area contributed by atoms with Crippen LogP contribution in [0, 0.1) is 0 Å². The van der Waals surface area contributed by atoms with Gasteiger partial charge in [0.1, 0.15) is 5.82 Å². The molecule has 0 amide bonds. The van der Waals surface area contributed by atoms with Crippen LogP contribution in [-0.4, -0.2) is 42.3 Å². The van der Waals surface area contributed by atoms with Crippen LogP contribution in [0.15, 0.2) is 36.5 Å². The topological polar surface area (TPSA) is 71.1 Å². The van der Waals surface area contributed by atoms with Crippen LogP contribution in [0.25, 0.3) is 0 Å². The maximum Gasteiger partial charge on any atom is 0.229 e. The van der Waals surface area contributed by atoms with Crippen molar-refractivity contribution >= 4 is 29.1 Å². The average Bonchev–Trinajstić information content (AvgIpc) is 2.54. The van der Waals surface area contributed by atoms with Gasteiger partial charge in [0.15, 0.2) is 0 Å². The zero-order valence-corrected chi connectivity index (χ0v) is 12.8. The van der Waals surface area contributed by atoms with Gasteiger partial charge in [0.25, 0.3) is 0 Å². The molecule has 1 aromatic carbocycles. The van der Waals surface area contributed by atoms with Crippen molar-refractivity contribution in [2.45, 2.75) is 6.10 Å². The van der Waals surface area contributed by atoms with E-state index in [1.807, 2.05) is 30.3 Å². The van der Waals surface area contributed by atoms with E-state index in [2.05, 4.69) is 25.9 Å². The normalized spacial score (nSPS) is 18.0. The second kappa shape index (κ2) is 7.40. The molecule has 1 aromatic heterocycles. The number of halogens is 1.